The molecule has 0 aromatic rings. The number of carbonyl (C=O) groups excluding carboxylic acids is 1. The van der Waals surface area contributed by atoms with E-state index in [0.29, 0.717) is 0 Å². The predicted octanol–water partition coefficient (Wildman–Crippen LogP) is 1.49. The fraction of sp³-hybridized carbons (Fsp3) is 0.250. The van der Waals surface area contributed by atoms with Gasteiger partial charge in [-0.25, -0.2) is 0 Å². The van der Waals surface area contributed by atoms with Gasteiger partial charge in [-0.05, 0) is 13.0 Å². The summed E-state index contributed by atoms with van der Waals surface area (Å²) >= 11 is 0. The molecule has 0 spiro atoms. The van der Waals surface area contributed by atoms with E-state index in [0.717, 1.165) is 12.0 Å². The van der Waals surface area contributed by atoms with Crippen molar-refractivity contribution in [3.05, 3.63) is 23.9 Å². The van der Waals surface area contributed by atoms with Gasteiger partial charge in [-0.2, -0.15) is 0 Å². The van der Waals surface area contributed by atoms with Crippen molar-refractivity contribution in [2.75, 3.05) is 0 Å². The van der Waals surface area contributed by atoms with Crippen LogP contribution in [0.25, 0.3) is 0 Å². The molecular formula is C8H9NO. The van der Waals surface area contributed by atoms with Crippen LogP contribution in [0.5, 0.6) is 0 Å². The molecule has 1 rings (SSSR count). The van der Waals surface area contributed by atoms with Crippen molar-refractivity contribution in [2.45, 2.75) is 13.3 Å². The second-order valence-corrected chi connectivity index (χ2v) is 2.10. The molecule has 52 valence electrons. The topological polar surface area (TPSA) is 29.4 Å². The lowest BCUT2D eigenvalue weighted by Crippen LogP contribution is -1.91. The highest BCUT2D eigenvalue weighted by Crippen LogP contribution is 2.02. The highest BCUT2D eigenvalue weighted by atomic mass is 16.1. The molecule has 0 aromatic carbocycles. The van der Waals surface area contributed by atoms with Gasteiger partial charge in [0.15, 0.2) is 5.78 Å². The van der Waals surface area contributed by atoms with Gasteiger partial charge in [0, 0.05) is 24.4 Å². The Morgan fingerprint density at radius 1 is 1.70 bits per heavy atom. The molecule has 0 amide bonds. The van der Waals surface area contributed by atoms with Crippen LogP contribution in [0.15, 0.2) is 28.9 Å². The first-order valence-electron chi connectivity index (χ1n) is 3.20. The summed E-state index contributed by atoms with van der Waals surface area (Å²) in [7, 11) is 0. The average molecular weight is 135 g/mol. The van der Waals surface area contributed by atoms with Crippen molar-refractivity contribution in [3.8, 4) is 0 Å². The summed E-state index contributed by atoms with van der Waals surface area (Å²) in [4.78, 5) is 14.7. The lowest BCUT2D eigenvalue weighted by Gasteiger charge is -1.89. The number of hydrogen-bond acceptors (Lipinski definition) is 2. The molecule has 0 atom stereocenters. The molecule has 0 saturated heterocycles. The summed E-state index contributed by atoms with van der Waals surface area (Å²) in [5.74, 6) is 0.0988. The molecule has 2 nitrogen and oxygen atoms in total. The van der Waals surface area contributed by atoms with Crippen molar-refractivity contribution in [1.82, 2.24) is 0 Å². The first-order chi connectivity index (χ1) is 4.80. The molecule has 10 heavy (non-hydrogen) atoms. The molecule has 0 fully saturated rings. The normalized spacial score (nSPS) is 16.3. The largest absolute Gasteiger partial charge is 0.295 e. The van der Waals surface area contributed by atoms with Crippen LogP contribution in [-0.4, -0.2) is 12.0 Å². The quantitative estimate of drug-likeness (QED) is 0.535. The van der Waals surface area contributed by atoms with Crippen molar-refractivity contribution < 1.29 is 4.79 Å². The van der Waals surface area contributed by atoms with E-state index in [1.54, 1.807) is 25.4 Å². The van der Waals surface area contributed by atoms with E-state index in [-0.39, 0.29) is 5.78 Å². The summed E-state index contributed by atoms with van der Waals surface area (Å²) in [6.07, 6.45) is 7.76. The summed E-state index contributed by atoms with van der Waals surface area (Å²) in [6, 6.07) is 0. The molecule has 0 aliphatic carbocycles. The summed E-state index contributed by atoms with van der Waals surface area (Å²) in [5, 5.41) is 0. The number of aliphatic imine (C=N–C) groups is 1. The average Bonchev–Trinajstić information content (AvgIpc) is 2.12. The Labute approximate surface area is 60.0 Å². The number of Topliss-reactive ketones (excluding diaryl/α,β-unsaturated/α-hetero) is 1. The summed E-state index contributed by atoms with van der Waals surface area (Å²) < 4.78 is 0. The van der Waals surface area contributed by atoms with Crippen LogP contribution in [0.3, 0.4) is 0 Å². The van der Waals surface area contributed by atoms with E-state index < -0.39 is 0 Å². The Kier molecular flexibility index (Phi) is 2.15. The molecule has 0 N–H and O–H groups in total. The zero-order chi connectivity index (χ0) is 7.40. The van der Waals surface area contributed by atoms with Crippen molar-refractivity contribution >= 4 is 12.0 Å². The minimum absolute atomic E-state index is 0.0988. The van der Waals surface area contributed by atoms with E-state index in [1.165, 1.54) is 0 Å². The highest BCUT2D eigenvalue weighted by molar-refractivity contribution is 5.96. The molecule has 0 radical (unpaired) electrons. The second-order valence-electron chi connectivity index (χ2n) is 2.10. The first-order valence-corrected chi connectivity index (χ1v) is 3.20. The Balaban J connectivity index is 2.78. The van der Waals surface area contributed by atoms with Gasteiger partial charge >= 0.3 is 0 Å². The molecule has 1 aliphatic heterocycles. The minimum Gasteiger partial charge on any atom is -0.295 e. The first kappa shape index (κ1) is 6.93. The van der Waals surface area contributed by atoms with Gasteiger partial charge in [0.05, 0.1) is 0 Å². The van der Waals surface area contributed by atoms with Crippen molar-refractivity contribution in [2.24, 2.45) is 4.99 Å². The Hall–Kier alpha value is -1.18. The van der Waals surface area contributed by atoms with Gasteiger partial charge in [0.25, 0.3) is 0 Å². The van der Waals surface area contributed by atoms with E-state index in [1.807, 2.05) is 6.08 Å². The lowest BCUT2D eigenvalue weighted by atomic mass is 10.1. The fourth-order valence-electron chi connectivity index (χ4n) is 0.754. The van der Waals surface area contributed by atoms with Crippen LogP contribution in [0, 0.1) is 0 Å². The SMILES string of the molecule is CC(=O)C1=CCC=NC=C1. The smallest absolute Gasteiger partial charge is 0.159 e. The maximum Gasteiger partial charge on any atom is 0.159 e. The molecule has 1 aliphatic rings. The number of ketones is 1. The molecule has 1 heterocycles. The van der Waals surface area contributed by atoms with E-state index in [2.05, 4.69) is 4.99 Å². The number of rotatable bonds is 1. The Morgan fingerprint density at radius 2 is 2.50 bits per heavy atom. The minimum atomic E-state index is 0.0988. The van der Waals surface area contributed by atoms with Crippen LogP contribution in [0.1, 0.15) is 13.3 Å². The molecule has 0 bridgehead atoms. The molecule has 0 aromatic heterocycles. The number of carbonyl (C=O) groups is 1. The number of allylic oxidation sites excluding steroid dienone is 3. The van der Waals surface area contributed by atoms with Crippen LogP contribution < -0.4 is 0 Å². The Morgan fingerprint density at radius 3 is 3.20 bits per heavy atom. The number of hydrogen-bond donors (Lipinski definition) is 0. The van der Waals surface area contributed by atoms with E-state index in [9.17, 15) is 4.79 Å². The molecule has 0 saturated carbocycles. The molecular weight excluding hydrogens is 126 g/mol. The Bertz CT molecular complexity index is 223. The van der Waals surface area contributed by atoms with E-state index >= 15 is 0 Å². The zero-order valence-electron chi connectivity index (χ0n) is 5.87. The van der Waals surface area contributed by atoms with Crippen LogP contribution in [0.2, 0.25) is 0 Å². The van der Waals surface area contributed by atoms with Gasteiger partial charge in [-0.3, -0.25) is 9.79 Å². The lowest BCUT2D eigenvalue weighted by molar-refractivity contribution is -0.113. The van der Waals surface area contributed by atoms with Gasteiger partial charge in [0.1, 0.15) is 0 Å². The predicted molar refractivity (Wildman–Crippen MR) is 41.0 cm³/mol. The third-order valence-electron chi connectivity index (χ3n) is 1.30. The van der Waals surface area contributed by atoms with Gasteiger partial charge in [0.2, 0.25) is 0 Å². The number of nitrogens with zero attached hydrogens (tertiary/aromatic N) is 1. The molecule has 2 heteroatoms. The third kappa shape index (κ3) is 1.65. The summed E-state index contributed by atoms with van der Waals surface area (Å²) in [6.45, 7) is 1.56. The van der Waals surface area contributed by atoms with Crippen LogP contribution >= 0.6 is 0 Å². The van der Waals surface area contributed by atoms with E-state index in [4.69, 9.17) is 0 Å². The fourth-order valence-corrected chi connectivity index (χ4v) is 0.754. The second kappa shape index (κ2) is 3.11. The zero-order valence-corrected chi connectivity index (χ0v) is 5.87. The monoisotopic (exact) mass is 135 g/mol. The van der Waals surface area contributed by atoms with Crippen molar-refractivity contribution in [3.63, 3.8) is 0 Å². The maximum absolute atomic E-state index is 10.8. The van der Waals surface area contributed by atoms with Crippen LogP contribution in [-0.2, 0) is 4.79 Å². The maximum atomic E-state index is 10.8. The van der Waals surface area contributed by atoms with Gasteiger partial charge < -0.3 is 0 Å². The van der Waals surface area contributed by atoms with Gasteiger partial charge in [-0.1, -0.05) is 6.08 Å². The third-order valence-corrected chi connectivity index (χ3v) is 1.30. The highest BCUT2D eigenvalue weighted by Gasteiger charge is 1.98. The molecule has 0 unspecified atom stereocenters. The van der Waals surface area contributed by atoms with Crippen molar-refractivity contribution in [1.29, 1.82) is 0 Å². The van der Waals surface area contributed by atoms with Crippen LogP contribution in [0.4, 0.5) is 0 Å². The standard InChI is InChI=1S/C8H9NO/c1-7(10)8-3-2-5-9-6-4-8/h3-6H,2H2,1H3. The van der Waals surface area contributed by atoms with Gasteiger partial charge in [-0.15, -0.1) is 0 Å². The summed E-state index contributed by atoms with van der Waals surface area (Å²) in [5.41, 5.74) is 0.748.